The van der Waals surface area contributed by atoms with Gasteiger partial charge in [0, 0.05) is 41.3 Å². The summed E-state index contributed by atoms with van der Waals surface area (Å²) in [6.07, 6.45) is 11.2. The number of hydrogen-bond acceptors (Lipinski definition) is 4. The monoisotopic (exact) mass is 479 g/mol. The van der Waals surface area contributed by atoms with Crippen molar-refractivity contribution in [2.24, 2.45) is 7.05 Å². The molecule has 0 bridgehead atoms. The van der Waals surface area contributed by atoms with Gasteiger partial charge in [-0.15, -0.1) is 0 Å². The molecule has 7 nitrogen and oxygen atoms in total. The first kappa shape index (κ1) is 25.0. The Morgan fingerprint density at radius 1 is 1.09 bits per heavy atom. The number of fused-ring (bicyclic) bond motifs is 4. The van der Waals surface area contributed by atoms with Crippen molar-refractivity contribution in [2.75, 3.05) is 6.54 Å². The first-order valence-corrected chi connectivity index (χ1v) is 13.0. The number of aromatic carboxylic acids is 1. The Labute approximate surface area is 206 Å². The topological polar surface area (TPSA) is 107 Å². The van der Waals surface area contributed by atoms with Crippen LogP contribution in [0.15, 0.2) is 23.0 Å². The largest absolute Gasteiger partial charge is 0.506 e. The van der Waals surface area contributed by atoms with Crippen LogP contribution >= 0.6 is 0 Å². The van der Waals surface area contributed by atoms with Gasteiger partial charge in [0.05, 0.1) is 5.69 Å². The van der Waals surface area contributed by atoms with E-state index in [1.807, 2.05) is 0 Å². The molecular weight excluding hydrogens is 442 g/mol. The van der Waals surface area contributed by atoms with Gasteiger partial charge >= 0.3 is 5.97 Å². The lowest BCUT2D eigenvalue weighted by Gasteiger charge is -2.13. The molecule has 3 aromatic rings. The Kier molecular flexibility index (Phi) is 7.96. The van der Waals surface area contributed by atoms with Crippen LogP contribution in [0.2, 0.25) is 0 Å². The van der Waals surface area contributed by atoms with E-state index in [0.29, 0.717) is 17.7 Å². The van der Waals surface area contributed by atoms with Crippen LogP contribution in [0.1, 0.15) is 85.5 Å². The summed E-state index contributed by atoms with van der Waals surface area (Å²) in [6, 6.07) is 6.39. The molecule has 0 atom stereocenters. The van der Waals surface area contributed by atoms with Crippen molar-refractivity contribution in [1.82, 2.24) is 14.9 Å². The zero-order chi connectivity index (χ0) is 24.9. The molecule has 0 saturated carbocycles. The third kappa shape index (κ3) is 5.30. The van der Waals surface area contributed by atoms with Gasteiger partial charge in [-0.1, -0.05) is 45.4 Å². The Bertz CT molecular complexity index is 1270. The Morgan fingerprint density at radius 2 is 1.83 bits per heavy atom. The predicted octanol–water partition coefficient (Wildman–Crippen LogP) is 5.27. The highest BCUT2D eigenvalue weighted by atomic mass is 16.4. The van der Waals surface area contributed by atoms with E-state index in [4.69, 9.17) is 0 Å². The lowest BCUT2D eigenvalue weighted by molar-refractivity contribution is 0.0691. The standard InChI is InChI=1S/C28H37N3O4/c1-3-4-5-6-7-8-9-13-29-17-20-14-19-15-22-18(16-23(19)31(20)2)11-10-12-21-25(22)30-27(33)24(26(21)32)28(34)35/h14-16,29H,3-13,17H2,1-2H3,(H,34,35)(H2,30,32,33). The molecule has 1 aliphatic carbocycles. The highest BCUT2D eigenvalue weighted by molar-refractivity contribution is 5.93. The molecule has 188 valence electrons. The Balaban J connectivity index is 1.53. The average Bonchev–Trinajstić information content (AvgIpc) is 3.01. The van der Waals surface area contributed by atoms with Crippen molar-refractivity contribution in [3.8, 4) is 17.0 Å². The number of carboxylic acid groups (broad SMARTS) is 1. The number of H-pyrrole nitrogens is 1. The third-order valence-corrected chi connectivity index (χ3v) is 7.28. The molecule has 35 heavy (non-hydrogen) atoms. The van der Waals surface area contributed by atoms with Crippen molar-refractivity contribution in [1.29, 1.82) is 0 Å². The fourth-order valence-electron chi connectivity index (χ4n) is 5.27. The van der Waals surface area contributed by atoms with Crippen molar-refractivity contribution in [3.05, 3.63) is 50.9 Å². The quantitative estimate of drug-likeness (QED) is 0.280. The van der Waals surface area contributed by atoms with Crippen LogP contribution < -0.4 is 10.9 Å². The lowest BCUT2D eigenvalue weighted by Crippen LogP contribution is -2.20. The van der Waals surface area contributed by atoms with Gasteiger partial charge in [-0.3, -0.25) is 4.79 Å². The van der Waals surface area contributed by atoms with Crippen LogP contribution in [0.3, 0.4) is 0 Å². The summed E-state index contributed by atoms with van der Waals surface area (Å²) in [5.74, 6) is -1.82. The van der Waals surface area contributed by atoms with E-state index in [9.17, 15) is 19.8 Å². The van der Waals surface area contributed by atoms with Crippen LogP contribution in [-0.4, -0.2) is 32.3 Å². The number of nitrogens with one attached hydrogen (secondary N) is 2. The number of unbranched alkanes of at least 4 members (excludes halogenated alkanes) is 6. The molecule has 4 N–H and O–H groups in total. The van der Waals surface area contributed by atoms with Crippen LogP contribution in [0.4, 0.5) is 0 Å². The second-order valence-corrected chi connectivity index (χ2v) is 9.75. The number of nitrogens with zero attached hydrogens (tertiary/aromatic N) is 1. The molecule has 7 heteroatoms. The number of carboxylic acids is 1. The van der Waals surface area contributed by atoms with Crippen molar-refractivity contribution in [3.63, 3.8) is 0 Å². The van der Waals surface area contributed by atoms with Crippen molar-refractivity contribution in [2.45, 2.75) is 77.7 Å². The molecule has 2 aromatic heterocycles. The summed E-state index contributed by atoms with van der Waals surface area (Å²) in [5, 5.41) is 24.6. The Morgan fingerprint density at radius 3 is 2.57 bits per heavy atom. The second-order valence-electron chi connectivity index (χ2n) is 9.75. The van der Waals surface area contributed by atoms with Gasteiger partial charge in [-0.2, -0.15) is 0 Å². The zero-order valence-corrected chi connectivity index (χ0v) is 20.9. The number of carbonyl (C=O) groups is 1. The fraction of sp³-hybridized carbons (Fsp3) is 0.500. The minimum atomic E-state index is -1.41. The minimum Gasteiger partial charge on any atom is -0.506 e. The minimum absolute atomic E-state index is 0.410. The molecule has 0 amide bonds. The van der Waals surface area contributed by atoms with Gasteiger partial charge in [0.1, 0.15) is 5.75 Å². The molecule has 0 unspecified atom stereocenters. The SMILES string of the molecule is CCCCCCCCCNCc1cc2cc3c(cc2n1C)CCCc1c-3[nH]c(=O)c(C(=O)O)c1O. The maximum atomic E-state index is 12.4. The summed E-state index contributed by atoms with van der Waals surface area (Å²) in [4.78, 5) is 26.7. The fourth-order valence-corrected chi connectivity index (χ4v) is 5.27. The summed E-state index contributed by atoms with van der Waals surface area (Å²) in [5.41, 5.74) is 3.98. The molecule has 0 saturated heterocycles. The normalized spacial score (nSPS) is 13.0. The summed E-state index contributed by atoms with van der Waals surface area (Å²) >= 11 is 0. The molecule has 1 aromatic carbocycles. The summed E-state index contributed by atoms with van der Waals surface area (Å²) in [7, 11) is 2.08. The molecule has 4 rings (SSSR count). The molecule has 1 aliphatic rings. The first-order valence-electron chi connectivity index (χ1n) is 13.0. The molecule has 0 radical (unpaired) electrons. The number of hydrogen-bond donors (Lipinski definition) is 4. The first-order chi connectivity index (χ1) is 16.9. The van der Waals surface area contributed by atoms with Gasteiger partial charge in [0.15, 0.2) is 5.56 Å². The van der Waals surface area contributed by atoms with E-state index < -0.39 is 22.8 Å². The average molecular weight is 480 g/mol. The predicted molar refractivity (Wildman–Crippen MR) is 139 cm³/mol. The van der Waals surface area contributed by atoms with E-state index in [0.717, 1.165) is 48.0 Å². The van der Waals surface area contributed by atoms with Crippen molar-refractivity contribution >= 4 is 16.9 Å². The van der Waals surface area contributed by atoms with E-state index in [2.05, 4.69) is 47.0 Å². The van der Waals surface area contributed by atoms with Crippen LogP contribution in [0, 0.1) is 0 Å². The number of benzene rings is 1. The number of aryl methyl sites for hydroxylation is 2. The summed E-state index contributed by atoms with van der Waals surface area (Å²) < 4.78 is 2.22. The number of pyridine rings is 1. The molecule has 0 aliphatic heterocycles. The van der Waals surface area contributed by atoms with Crippen LogP contribution in [-0.2, 0) is 26.4 Å². The van der Waals surface area contributed by atoms with Gasteiger partial charge in [0.2, 0.25) is 0 Å². The zero-order valence-electron chi connectivity index (χ0n) is 20.9. The molecule has 0 fully saturated rings. The van der Waals surface area contributed by atoms with Crippen molar-refractivity contribution < 1.29 is 15.0 Å². The summed E-state index contributed by atoms with van der Waals surface area (Å²) in [6.45, 7) is 4.04. The lowest BCUT2D eigenvalue weighted by atomic mass is 9.98. The third-order valence-electron chi connectivity index (χ3n) is 7.28. The van der Waals surface area contributed by atoms with Crippen LogP contribution in [0.25, 0.3) is 22.2 Å². The maximum absolute atomic E-state index is 12.4. The van der Waals surface area contributed by atoms with Gasteiger partial charge < -0.3 is 25.1 Å². The molecule has 2 heterocycles. The van der Waals surface area contributed by atoms with E-state index >= 15 is 0 Å². The smallest absolute Gasteiger partial charge is 0.345 e. The van der Waals surface area contributed by atoms with E-state index in [1.54, 1.807) is 0 Å². The van der Waals surface area contributed by atoms with E-state index in [-0.39, 0.29) is 0 Å². The maximum Gasteiger partial charge on any atom is 0.345 e. The number of aromatic amines is 1. The number of aromatic hydroxyl groups is 1. The molecule has 0 spiro atoms. The number of rotatable bonds is 11. The van der Waals surface area contributed by atoms with Gasteiger partial charge in [-0.05, 0) is 56.0 Å². The Hall–Kier alpha value is -3.06. The highest BCUT2D eigenvalue weighted by Gasteiger charge is 2.26. The van der Waals surface area contributed by atoms with Gasteiger partial charge in [-0.25, -0.2) is 4.79 Å². The second kappa shape index (κ2) is 11.1. The molecular formula is C28H37N3O4. The van der Waals surface area contributed by atoms with Gasteiger partial charge in [0.25, 0.3) is 5.56 Å². The highest BCUT2D eigenvalue weighted by Crippen LogP contribution is 2.38. The van der Waals surface area contributed by atoms with Crippen LogP contribution in [0.5, 0.6) is 5.75 Å². The number of aromatic nitrogens is 2. The van der Waals surface area contributed by atoms with E-state index in [1.165, 1.54) is 50.6 Å².